The van der Waals surface area contributed by atoms with Crippen LogP contribution in [0, 0.1) is 11.3 Å². The lowest BCUT2D eigenvalue weighted by Gasteiger charge is -2.38. The van der Waals surface area contributed by atoms with Crippen LogP contribution in [0.1, 0.15) is 63.1 Å². The number of guanidine groups is 1. The maximum absolute atomic E-state index is 5.07. The molecule has 156 valence electrons. The number of piperidine rings is 1. The minimum atomic E-state index is 0.634. The number of hydrogen-bond donors (Lipinski definition) is 1. The molecule has 1 aromatic heterocycles. The van der Waals surface area contributed by atoms with Gasteiger partial charge in [-0.15, -0.1) is 11.3 Å². The molecular formula is C22H37N5S. The smallest absolute Gasteiger partial charge is 0.193 e. The molecule has 4 rings (SSSR count). The first kappa shape index (κ1) is 20.1. The van der Waals surface area contributed by atoms with Gasteiger partial charge < -0.3 is 10.2 Å². The van der Waals surface area contributed by atoms with Gasteiger partial charge in [-0.25, -0.2) is 4.98 Å². The molecule has 0 atom stereocenters. The van der Waals surface area contributed by atoms with Gasteiger partial charge in [0, 0.05) is 38.1 Å². The van der Waals surface area contributed by atoms with Crippen LogP contribution in [0.15, 0.2) is 10.4 Å². The molecule has 1 N–H and O–H groups in total. The molecule has 0 aromatic carbocycles. The van der Waals surface area contributed by atoms with Crippen LogP contribution in [0.4, 0.5) is 0 Å². The third-order valence-corrected chi connectivity index (χ3v) is 8.02. The minimum absolute atomic E-state index is 0.634. The Morgan fingerprint density at radius 2 is 2.07 bits per heavy atom. The fourth-order valence-electron chi connectivity index (χ4n) is 4.98. The standard InChI is InChI=1S/C22H37N5S/c1-3-20-25-19(16-28-20)15-26-11-6-18(7-12-26)14-24-21(23-4-2)27-13-10-22(17-27)8-5-9-22/h16,18H,3-15,17H2,1-2H3,(H,23,24). The lowest BCUT2D eigenvalue weighted by Crippen LogP contribution is -2.43. The second-order valence-electron chi connectivity index (χ2n) is 9.03. The molecule has 0 amide bonds. The summed E-state index contributed by atoms with van der Waals surface area (Å²) in [6.07, 6.45) is 9.24. The van der Waals surface area contributed by atoms with Crippen molar-refractivity contribution in [2.45, 2.75) is 65.3 Å². The van der Waals surface area contributed by atoms with E-state index in [1.165, 1.54) is 81.4 Å². The molecular weight excluding hydrogens is 366 g/mol. The Hall–Kier alpha value is -1.14. The van der Waals surface area contributed by atoms with Gasteiger partial charge in [0.1, 0.15) is 0 Å². The molecule has 1 aliphatic carbocycles. The monoisotopic (exact) mass is 403 g/mol. The van der Waals surface area contributed by atoms with Crippen molar-refractivity contribution >= 4 is 17.3 Å². The molecule has 3 fully saturated rings. The van der Waals surface area contributed by atoms with Crippen molar-refractivity contribution < 1.29 is 0 Å². The molecule has 1 saturated carbocycles. The second-order valence-corrected chi connectivity index (χ2v) is 9.97. The van der Waals surface area contributed by atoms with Gasteiger partial charge >= 0.3 is 0 Å². The summed E-state index contributed by atoms with van der Waals surface area (Å²) >= 11 is 1.80. The van der Waals surface area contributed by atoms with Gasteiger partial charge in [-0.3, -0.25) is 9.89 Å². The van der Waals surface area contributed by atoms with Gasteiger partial charge in [-0.05, 0) is 69.9 Å². The summed E-state index contributed by atoms with van der Waals surface area (Å²) in [5.41, 5.74) is 1.89. The van der Waals surface area contributed by atoms with Gasteiger partial charge in [0.05, 0.1) is 10.7 Å². The van der Waals surface area contributed by atoms with E-state index in [9.17, 15) is 0 Å². The molecule has 0 radical (unpaired) electrons. The van der Waals surface area contributed by atoms with Crippen LogP contribution in [0.25, 0.3) is 0 Å². The molecule has 6 heteroatoms. The lowest BCUT2D eigenvalue weighted by atomic mass is 9.68. The Labute approximate surface area is 174 Å². The summed E-state index contributed by atoms with van der Waals surface area (Å²) in [5.74, 6) is 1.90. The van der Waals surface area contributed by atoms with Crippen molar-refractivity contribution in [1.82, 2.24) is 20.1 Å². The van der Waals surface area contributed by atoms with Crippen LogP contribution in [-0.2, 0) is 13.0 Å². The van der Waals surface area contributed by atoms with Gasteiger partial charge in [0.25, 0.3) is 0 Å². The minimum Gasteiger partial charge on any atom is -0.357 e. The Morgan fingerprint density at radius 3 is 2.68 bits per heavy atom. The van der Waals surface area contributed by atoms with Gasteiger partial charge in [0.15, 0.2) is 5.96 Å². The number of aliphatic imine (C=N–C) groups is 1. The second kappa shape index (κ2) is 9.12. The number of hydrogen-bond acceptors (Lipinski definition) is 4. The number of rotatable bonds is 6. The molecule has 28 heavy (non-hydrogen) atoms. The van der Waals surface area contributed by atoms with E-state index in [1.54, 1.807) is 11.3 Å². The fraction of sp³-hybridized carbons (Fsp3) is 0.818. The van der Waals surface area contributed by atoms with Crippen molar-refractivity contribution in [2.75, 3.05) is 39.3 Å². The average molecular weight is 404 g/mol. The number of likely N-dealkylation sites (tertiary alicyclic amines) is 2. The molecule has 1 spiro atoms. The van der Waals surface area contributed by atoms with E-state index in [-0.39, 0.29) is 0 Å². The normalized spacial score (nSPS) is 23.4. The SMILES string of the molecule is CCNC(=NCC1CCN(Cc2csc(CC)n2)CC1)N1CCC2(CCC2)C1. The van der Waals surface area contributed by atoms with Gasteiger partial charge in [-0.2, -0.15) is 0 Å². The first-order valence-corrected chi connectivity index (χ1v) is 12.3. The largest absolute Gasteiger partial charge is 0.357 e. The summed E-state index contributed by atoms with van der Waals surface area (Å²) in [5, 5.41) is 7.06. The lowest BCUT2D eigenvalue weighted by molar-refractivity contribution is 0.151. The third-order valence-electron chi connectivity index (χ3n) is 6.98. The maximum atomic E-state index is 5.07. The van der Waals surface area contributed by atoms with E-state index in [2.05, 4.69) is 34.3 Å². The zero-order valence-corrected chi connectivity index (χ0v) is 18.6. The zero-order valence-electron chi connectivity index (χ0n) is 17.8. The highest BCUT2D eigenvalue weighted by atomic mass is 32.1. The number of aryl methyl sites for hydroxylation is 1. The topological polar surface area (TPSA) is 43.8 Å². The average Bonchev–Trinajstić information content (AvgIpc) is 3.33. The Kier molecular flexibility index (Phi) is 6.56. The molecule has 5 nitrogen and oxygen atoms in total. The molecule has 0 unspecified atom stereocenters. The van der Waals surface area contributed by atoms with E-state index in [0.717, 1.165) is 32.0 Å². The van der Waals surface area contributed by atoms with Crippen LogP contribution in [0.2, 0.25) is 0 Å². The fourth-order valence-corrected chi connectivity index (χ4v) is 5.72. The molecule has 1 aromatic rings. The van der Waals surface area contributed by atoms with E-state index >= 15 is 0 Å². The number of nitrogens with one attached hydrogen (secondary N) is 1. The van der Waals surface area contributed by atoms with Crippen LogP contribution < -0.4 is 5.32 Å². The predicted molar refractivity (Wildman–Crippen MR) is 118 cm³/mol. The summed E-state index contributed by atoms with van der Waals surface area (Å²) in [4.78, 5) is 14.9. The van der Waals surface area contributed by atoms with Gasteiger partial charge in [-0.1, -0.05) is 13.3 Å². The van der Waals surface area contributed by atoms with Crippen molar-refractivity contribution in [2.24, 2.45) is 16.3 Å². The van der Waals surface area contributed by atoms with Crippen LogP contribution in [0.5, 0.6) is 0 Å². The predicted octanol–water partition coefficient (Wildman–Crippen LogP) is 3.76. The molecule has 2 saturated heterocycles. The Balaban J connectivity index is 1.24. The summed E-state index contributed by atoms with van der Waals surface area (Å²) in [7, 11) is 0. The van der Waals surface area contributed by atoms with E-state index < -0.39 is 0 Å². The highest BCUT2D eigenvalue weighted by Gasteiger charge is 2.43. The van der Waals surface area contributed by atoms with E-state index in [1.807, 2.05) is 0 Å². The summed E-state index contributed by atoms with van der Waals surface area (Å²) in [6.45, 7) is 12.1. The highest BCUT2D eigenvalue weighted by Crippen LogP contribution is 2.47. The van der Waals surface area contributed by atoms with Crippen LogP contribution in [-0.4, -0.2) is 60.0 Å². The maximum Gasteiger partial charge on any atom is 0.193 e. The Morgan fingerprint density at radius 1 is 1.25 bits per heavy atom. The quantitative estimate of drug-likeness (QED) is 0.580. The van der Waals surface area contributed by atoms with Crippen LogP contribution in [0.3, 0.4) is 0 Å². The molecule has 2 aliphatic heterocycles. The van der Waals surface area contributed by atoms with Crippen molar-refractivity contribution in [1.29, 1.82) is 0 Å². The van der Waals surface area contributed by atoms with Crippen molar-refractivity contribution in [3.05, 3.63) is 16.1 Å². The first-order chi connectivity index (χ1) is 13.7. The first-order valence-electron chi connectivity index (χ1n) is 11.4. The number of nitrogens with zero attached hydrogens (tertiary/aromatic N) is 4. The van der Waals surface area contributed by atoms with Crippen LogP contribution >= 0.6 is 11.3 Å². The Bertz CT molecular complexity index is 658. The van der Waals surface area contributed by atoms with E-state index in [0.29, 0.717) is 5.41 Å². The highest BCUT2D eigenvalue weighted by molar-refractivity contribution is 7.09. The van der Waals surface area contributed by atoms with Gasteiger partial charge in [0.2, 0.25) is 0 Å². The molecule has 3 aliphatic rings. The van der Waals surface area contributed by atoms with Crippen molar-refractivity contribution in [3.63, 3.8) is 0 Å². The number of aromatic nitrogens is 1. The van der Waals surface area contributed by atoms with E-state index in [4.69, 9.17) is 9.98 Å². The van der Waals surface area contributed by atoms with Crippen molar-refractivity contribution in [3.8, 4) is 0 Å². The molecule has 0 bridgehead atoms. The third kappa shape index (κ3) is 4.70. The summed E-state index contributed by atoms with van der Waals surface area (Å²) < 4.78 is 0. The zero-order chi connectivity index (χ0) is 19.4. The summed E-state index contributed by atoms with van der Waals surface area (Å²) in [6, 6.07) is 0. The number of thiazole rings is 1. The molecule has 3 heterocycles.